The number of carbonyl (C=O) groups excluding carboxylic acids is 1. The van der Waals surface area contributed by atoms with Crippen LogP contribution in [0.5, 0.6) is 0 Å². The van der Waals surface area contributed by atoms with Gasteiger partial charge >= 0.3 is 0 Å². The molecule has 24 heavy (non-hydrogen) atoms. The molecule has 1 amide bonds. The molecule has 0 spiro atoms. The molecule has 0 atom stereocenters. The number of nitrogens with zero attached hydrogens (tertiary/aromatic N) is 2. The summed E-state index contributed by atoms with van der Waals surface area (Å²) >= 11 is 1.58. The molecule has 1 N–H and O–H groups in total. The first kappa shape index (κ1) is 16.4. The molecule has 0 bridgehead atoms. The van der Waals surface area contributed by atoms with Crippen molar-refractivity contribution in [2.75, 3.05) is 5.32 Å². The summed E-state index contributed by atoms with van der Waals surface area (Å²) in [5.74, 6) is 1.34. The third-order valence-electron chi connectivity index (χ3n) is 3.67. The number of rotatable bonds is 6. The van der Waals surface area contributed by atoms with Crippen LogP contribution < -0.4 is 5.32 Å². The molecule has 0 saturated carbocycles. The summed E-state index contributed by atoms with van der Waals surface area (Å²) in [6, 6.07) is 9.80. The van der Waals surface area contributed by atoms with Crippen molar-refractivity contribution in [3.63, 3.8) is 0 Å². The lowest BCUT2D eigenvalue weighted by molar-refractivity contribution is -0.116. The maximum Gasteiger partial charge on any atom is 0.227 e. The number of hydrogen-bond donors (Lipinski definition) is 1. The lowest BCUT2D eigenvalue weighted by atomic mass is 10.0. The smallest absolute Gasteiger partial charge is 0.227 e. The van der Waals surface area contributed by atoms with Crippen molar-refractivity contribution in [2.45, 2.75) is 32.6 Å². The number of thiophene rings is 1. The van der Waals surface area contributed by atoms with Gasteiger partial charge in [-0.05, 0) is 29.0 Å². The third-order valence-corrected chi connectivity index (χ3v) is 4.35. The molecule has 0 aliphatic carbocycles. The maximum absolute atomic E-state index is 12.2. The molecule has 0 unspecified atom stereocenters. The maximum atomic E-state index is 12.2. The Morgan fingerprint density at radius 2 is 2.12 bits per heavy atom. The van der Waals surface area contributed by atoms with E-state index in [9.17, 15) is 4.79 Å². The van der Waals surface area contributed by atoms with E-state index in [1.807, 2.05) is 41.1 Å². The van der Waals surface area contributed by atoms with E-state index in [0.717, 1.165) is 16.8 Å². The molecule has 2 heterocycles. The second-order valence-electron chi connectivity index (χ2n) is 5.81. The first-order valence-corrected chi connectivity index (χ1v) is 8.81. The van der Waals surface area contributed by atoms with Crippen LogP contribution in [0.2, 0.25) is 0 Å². The summed E-state index contributed by atoms with van der Waals surface area (Å²) in [6.07, 6.45) is 0.727. The fourth-order valence-corrected chi connectivity index (χ4v) is 3.05. The summed E-state index contributed by atoms with van der Waals surface area (Å²) in [6.45, 7) is 4.21. The van der Waals surface area contributed by atoms with E-state index in [-0.39, 0.29) is 5.91 Å². The Morgan fingerprint density at radius 3 is 2.88 bits per heavy atom. The zero-order chi connectivity index (χ0) is 16.9. The summed E-state index contributed by atoms with van der Waals surface area (Å²) in [7, 11) is 0. The predicted molar refractivity (Wildman–Crippen MR) is 95.1 cm³/mol. The van der Waals surface area contributed by atoms with Crippen molar-refractivity contribution >= 4 is 22.9 Å². The SMILES string of the molecule is CC(C)c1ccccc1NC(=O)CCc1nc(-c2ccsc2)no1. The summed E-state index contributed by atoms with van der Waals surface area (Å²) in [5, 5.41) is 10.8. The van der Waals surface area contributed by atoms with Gasteiger partial charge in [0.25, 0.3) is 0 Å². The highest BCUT2D eigenvalue weighted by Crippen LogP contribution is 2.24. The largest absolute Gasteiger partial charge is 0.339 e. The number of para-hydroxylation sites is 1. The molecule has 3 aromatic rings. The zero-order valence-corrected chi connectivity index (χ0v) is 14.5. The van der Waals surface area contributed by atoms with Gasteiger partial charge in [-0.3, -0.25) is 4.79 Å². The van der Waals surface area contributed by atoms with E-state index >= 15 is 0 Å². The number of amides is 1. The quantitative estimate of drug-likeness (QED) is 0.717. The highest BCUT2D eigenvalue weighted by Gasteiger charge is 2.12. The average Bonchev–Trinajstić information content (AvgIpc) is 3.24. The van der Waals surface area contributed by atoms with Crippen LogP contribution in [-0.4, -0.2) is 16.0 Å². The number of hydrogen-bond acceptors (Lipinski definition) is 5. The molecular formula is C18H19N3O2S. The number of aryl methyl sites for hydroxylation is 1. The van der Waals surface area contributed by atoms with E-state index in [1.54, 1.807) is 11.3 Å². The number of aromatic nitrogens is 2. The third kappa shape index (κ3) is 3.89. The van der Waals surface area contributed by atoms with Crippen molar-refractivity contribution in [1.29, 1.82) is 0 Å². The van der Waals surface area contributed by atoms with Gasteiger partial charge in [-0.1, -0.05) is 37.2 Å². The number of nitrogens with one attached hydrogen (secondary N) is 1. The van der Waals surface area contributed by atoms with Crippen molar-refractivity contribution < 1.29 is 9.32 Å². The van der Waals surface area contributed by atoms with E-state index in [2.05, 4.69) is 29.3 Å². The van der Waals surface area contributed by atoms with Crippen LogP contribution in [0.1, 0.15) is 37.6 Å². The van der Waals surface area contributed by atoms with Gasteiger partial charge in [0.15, 0.2) is 0 Å². The van der Waals surface area contributed by atoms with Crippen LogP contribution in [0.15, 0.2) is 45.6 Å². The Bertz CT molecular complexity index is 809. The normalized spacial score (nSPS) is 11.0. The van der Waals surface area contributed by atoms with Crippen LogP contribution in [0, 0.1) is 0 Å². The Labute approximate surface area is 144 Å². The fraction of sp³-hybridized carbons (Fsp3) is 0.278. The van der Waals surface area contributed by atoms with Gasteiger partial charge in [-0.2, -0.15) is 16.3 Å². The molecule has 0 fully saturated rings. The molecule has 2 aromatic heterocycles. The van der Waals surface area contributed by atoms with Crippen LogP contribution >= 0.6 is 11.3 Å². The molecule has 0 aliphatic rings. The van der Waals surface area contributed by atoms with Crippen LogP contribution in [0.4, 0.5) is 5.69 Å². The van der Waals surface area contributed by atoms with E-state index in [0.29, 0.717) is 30.5 Å². The van der Waals surface area contributed by atoms with Gasteiger partial charge in [0.1, 0.15) is 0 Å². The zero-order valence-electron chi connectivity index (χ0n) is 13.7. The highest BCUT2D eigenvalue weighted by atomic mass is 32.1. The van der Waals surface area contributed by atoms with Crippen molar-refractivity contribution in [1.82, 2.24) is 10.1 Å². The fourth-order valence-electron chi connectivity index (χ4n) is 2.41. The summed E-state index contributed by atoms with van der Waals surface area (Å²) in [5.41, 5.74) is 2.93. The molecule has 124 valence electrons. The van der Waals surface area contributed by atoms with Gasteiger partial charge in [0.05, 0.1) is 0 Å². The van der Waals surface area contributed by atoms with Crippen LogP contribution in [0.3, 0.4) is 0 Å². The topological polar surface area (TPSA) is 68.0 Å². The average molecular weight is 341 g/mol. The lowest BCUT2D eigenvalue weighted by Gasteiger charge is -2.13. The minimum absolute atomic E-state index is 0.0571. The summed E-state index contributed by atoms with van der Waals surface area (Å²) in [4.78, 5) is 16.5. The van der Waals surface area contributed by atoms with Gasteiger partial charge in [-0.15, -0.1) is 0 Å². The molecular weight excluding hydrogens is 322 g/mol. The minimum Gasteiger partial charge on any atom is -0.339 e. The Balaban J connectivity index is 1.58. The number of anilines is 1. The minimum atomic E-state index is -0.0571. The van der Waals surface area contributed by atoms with E-state index in [1.165, 1.54) is 0 Å². The number of carbonyl (C=O) groups is 1. The second-order valence-corrected chi connectivity index (χ2v) is 6.59. The van der Waals surface area contributed by atoms with Crippen molar-refractivity contribution in [3.8, 4) is 11.4 Å². The summed E-state index contributed by atoms with van der Waals surface area (Å²) < 4.78 is 5.21. The first-order chi connectivity index (χ1) is 11.6. The van der Waals surface area contributed by atoms with Gasteiger partial charge < -0.3 is 9.84 Å². The number of benzene rings is 1. The molecule has 0 aliphatic heterocycles. The van der Waals surface area contributed by atoms with E-state index < -0.39 is 0 Å². The lowest BCUT2D eigenvalue weighted by Crippen LogP contribution is -2.14. The Kier molecular flexibility index (Phi) is 5.05. The molecule has 1 aromatic carbocycles. The van der Waals surface area contributed by atoms with Crippen LogP contribution in [0.25, 0.3) is 11.4 Å². The van der Waals surface area contributed by atoms with Gasteiger partial charge in [0.2, 0.25) is 17.6 Å². The van der Waals surface area contributed by atoms with Gasteiger partial charge in [-0.25, -0.2) is 0 Å². The standard InChI is InChI=1S/C18H19N3O2S/c1-12(2)14-5-3-4-6-15(14)19-16(22)7-8-17-20-18(21-23-17)13-9-10-24-11-13/h3-6,9-12H,7-8H2,1-2H3,(H,19,22). The van der Waals surface area contributed by atoms with Crippen molar-refractivity contribution in [3.05, 3.63) is 52.5 Å². The monoisotopic (exact) mass is 341 g/mol. The van der Waals surface area contributed by atoms with Crippen molar-refractivity contribution in [2.24, 2.45) is 0 Å². The second kappa shape index (κ2) is 7.40. The molecule has 5 nitrogen and oxygen atoms in total. The Morgan fingerprint density at radius 1 is 1.29 bits per heavy atom. The Hall–Kier alpha value is -2.47. The van der Waals surface area contributed by atoms with Crippen LogP contribution in [-0.2, 0) is 11.2 Å². The molecule has 6 heteroatoms. The molecule has 0 radical (unpaired) electrons. The highest BCUT2D eigenvalue weighted by molar-refractivity contribution is 7.08. The molecule has 0 saturated heterocycles. The predicted octanol–water partition coefficient (Wildman–Crippen LogP) is 4.49. The molecule has 3 rings (SSSR count). The van der Waals surface area contributed by atoms with Gasteiger partial charge in [0, 0.05) is 29.5 Å². The first-order valence-electron chi connectivity index (χ1n) is 7.87. The van der Waals surface area contributed by atoms with E-state index in [4.69, 9.17) is 4.52 Å².